The Balaban J connectivity index is 1.55. The molecule has 54 heavy (non-hydrogen) atoms. The van der Waals surface area contributed by atoms with Crippen molar-refractivity contribution in [3.05, 3.63) is 133 Å². The minimum Gasteiger partial charge on any atom is -0.451 e. The second-order valence-electron chi connectivity index (χ2n) is 17.3. The van der Waals surface area contributed by atoms with Gasteiger partial charge in [-0.25, -0.2) is 4.79 Å². The first kappa shape index (κ1) is 41.6. The van der Waals surface area contributed by atoms with Crippen LogP contribution in [0.25, 0.3) is 0 Å². The molecule has 0 atom stereocenters. The summed E-state index contributed by atoms with van der Waals surface area (Å²) in [6.07, 6.45) is 12.1. The van der Waals surface area contributed by atoms with Crippen molar-refractivity contribution in [1.29, 1.82) is 0 Å². The van der Waals surface area contributed by atoms with Gasteiger partial charge in [-0.3, -0.25) is 0 Å². The minimum atomic E-state index is -2.95. The molecule has 0 amide bonds. The van der Waals surface area contributed by atoms with Crippen LogP contribution in [0.15, 0.2) is 133 Å². The van der Waals surface area contributed by atoms with Crippen LogP contribution in [-0.2, 0) is 18.4 Å². The molecule has 4 aromatic rings. The number of cyclic esters (lactones) is 1. The molecule has 1 heterocycles. The molecule has 288 valence electrons. The van der Waals surface area contributed by atoms with Gasteiger partial charge in [-0.1, -0.05) is 214 Å². The number of carbonyl (C=O) groups excluding carboxylic acids is 1. The Bertz CT molecular complexity index is 1580. The van der Waals surface area contributed by atoms with Crippen molar-refractivity contribution in [3.8, 4) is 0 Å². The van der Waals surface area contributed by atoms with Crippen LogP contribution in [0.1, 0.15) is 106 Å². The van der Waals surface area contributed by atoms with Gasteiger partial charge >= 0.3 is 5.97 Å². The van der Waals surface area contributed by atoms with Crippen molar-refractivity contribution in [3.63, 3.8) is 0 Å². The number of esters is 1. The minimum absolute atomic E-state index is 0.228. The number of hydrogen-bond acceptors (Lipinski definition) is 4. The smallest absolute Gasteiger partial charge is 0.334 e. The summed E-state index contributed by atoms with van der Waals surface area (Å²) in [6, 6.07) is 42.8. The van der Waals surface area contributed by atoms with Crippen LogP contribution in [0.5, 0.6) is 0 Å². The molecule has 0 radical (unpaired) electrons. The van der Waals surface area contributed by atoms with E-state index in [9.17, 15) is 4.79 Å². The summed E-state index contributed by atoms with van der Waals surface area (Å²) < 4.78 is 21.8. The van der Waals surface area contributed by atoms with Crippen molar-refractivity contribution < 1.29 is 18.4 Å². The number of rotatable bonds is 18. The highest BCUT2D eigenvalue weighted by Gasteiger charge is 2.56. The summed E-state index contributed by atoms with van der Waals surface area (Å²) in [5, 5.41) is 4.34. The maximum Gasteiger partial charge on any atom is 0.334 e. The summed E-state index contributed by atoms with van der Waals surface area (Å²) >= 11 is 0. The first-order valence-corrected chi connectivity index (χ1v) is 24.1. The second-order valence-corrected chi connectivity index (χ2v) is 25.9. The summed E-state index contributed by atoms with van der Waals surface area (Å²) in [7, 11) is -5.90. The molecule has 1 fully saturated rings. The molecule has 0 aliphatic carbocycles. The summed E-state index contributed by atoms with van der Waals surface area (Å²) in [5.74, 6) is -0.241. The third kappa shape index (κ3) is 9.27. The average Bonchev–Trinajstić information content (AvgIpc) is 3.48. The molecule has 0 aromatic heterocycles. The number of ether oxygens (including phenoxy) is 1. The Morgan fingerprint density at radius 1 is 0.574 bits per heavy atom. The largest absolute Gasteiger partial charge is 0.451 e. The van der Waals surface area contributed by atoms with Gasteiger partial charge in [0, 0.05) is 12.0 Å². The molecule has 0 bridgehead atoms. The quantitative estimate of drug-likeness (QED) is 0.0439. The van der Waals surface area contributed by atoms with Crippen LogP contribution in [0.2, 0.25) is 10.1 Å². The molecule has 4 nitrogen and oxygen atoms in total. The highest BCUT2D eigenvalue weighted by molar-refractivity contribution is 7.00. The van der Waals surface area contributed by atoms with Gasteiger partial charge < -0.3 is 13.6 Å². The maximum atomic E-state index is 14.0. The highest BCUT2D eigenvalue weighted by Crippen LogP contribution is 2.42. The molecular weight excluding hydrogens is 697 g/mol. The van der Waals surface area contributed by atoms with Crippen molar-refractivity contribution in [2.24, 2.45) is 0 Å². The van der Waals surface area contributed by atoms with Crippen LogP contribution < -0.4 is 20.7 Å². The van der Waals surface area contributed by atoms with Gasteiger partial charge in [0.25, 0.3) is 16.6 Å². The fraction of sp³-hybridized carbons (Fsp3) is 0.438. The lowest BCUT2D eigenvalue weighted by Crippen LogP contribution is -2.69. The number of unbranched alkanes of at least 4 members (excludes halogenated alkanes) is 7. The lowest BCUT2D eigenvalue weighted by Gasteiger charge is -2.46. The zero-order valence-electron chi connectivity index (χ0n) is 34.0. The van der Waals surface area contributed by atoms with Crippen LogP contribution in [0, 0.1) is 0 Å². The fourth-order valence-corrected chi connectivity index (χ4v) is 17.7. The molecule has 6 heteroatoms. The predicted octanol–water partition coefficient (Wildman–Crippen LogP) is 9.89. The normalized spacial score (nSPS) is 15.8. The van der Waals surface area contributed by atoms with Gasteiger partial charge in [0.2, 0.25) is 0 Å². The average molecular weight is 761 g/mol. The molecule has 0 saturated carbocycles. The van der Waals surface area contributed by atoms with E-state index in [1.165, 1.54) is 59.3 Å². The molecule has 0 spiro atoms. The first-order chi connectivity index (χ1) is 25.9. The third-order valence-corrected chi connectivity index (χ3v) is 21.2. The number of carbonyl (C=O) groups is 1. The fourth-order valence-electron chi connectivity index (χ4n) is 8.46. The van der Waals surface area contributed by atoms with E-state index in [0.29, 0.717) is 6.42 Å². The lowest BCUT2D eigenvalue weighted by atomic mass is 9.98. The van der Waals surface area contributed by atoms with E-state index in [2.05, 4.69) is 176 Å². The highest BCUT2D eigenvalue weighted by atomic mass is 28.4. The van der Waals surface area contributed by atoms with Crippen molar-refractivity contribution in [1.82, 2.24) is 0 Å². The molecule has 5 rings (SSSR count). The van der Waals surface area contributed by atoms with Crippen LogP contribution >= 0.6 is 0 Å². The van der Waals surface area contributed by atoms with Crippen molar-refractivity contribution in [2.75, 3.05) is 13.2 Å². The van der Waals surface area contributed by atoms with Gasteiger partial charge in [0.1, 0.15) is 0 Å². The summed E-state index contributed by atoms with van der Waals surface area (Å²) in [6.45, 7) is 16.5. The Labute approximate surface area is 328 Å². The van der Waals surface area contributed by atoms with E-state index >= 15 is 0 Å². The molecule has 4 aromatic carbocycles. The summed E-state index contributed by atoms with van der Waals surface area (Å²) in [4.78, 5) is 14.0. The van der Waals surface area contributed by atoms with E-state index in [1.54, 1.807) is 0 Å². The molecule has 0 N–H and O–H groups in total. The molecular formula is C48H64O4Si2. The van der Waals surface area contributed by atoms with E-state index in [-0.39, 0.29) is 29.3 Å². The van der Waals surface area contributed by atoms with Gasteiger partial charge in [-0.05, 0) is 43.7 Å². The van der Waals surface area contributed by atoms with Gasteiger partial charge in [0.15, 0.2) is 5.60 Å². The first-order valence-electron chi connectivity index (χ1n) is 20.3. The van der Waals surface area contributed by atoms with E-state index in [4.69, 9.17) is 13.6 Å². The van der Waals surface area contributed by atoms with Gasteiger partial charge in [0.05, 0.1) is 13.2 Å². The van der Waals surface area contributed by atoms with Crippen LogP contribution in [0.4, 0.5) is 0 Å². The SMILES string of the molecule is CCCCCCCCC/C=C1\CC(CO[Si](c2ccccc2)(c2ccccc2)C(C)(C)C)(CO[Si](c2ccccc2)(c2ccccc2)C(C)(C)C)OC1=O. The third-order valence-electron chi connectivity index (χ3n) is 11.2. The lowest BCUT2D eigenvalue weighted by molar-refractivity contribution is -0.152. The molecule has 1 aliphatic heterocycles. The maximum absolute atomic E-state index is 14.0. The summed E-state index contributed by atoms with van der Waals surface area (Å²) in [5.41, 5.74) is -0.249. The monoisotopic (exact) mass is 760 g/mol. The van der Waals surface area contributed by atoms with Crippen molar-refractivity contribution >= 4 is 43.4 Å². The standard InChI is InChI=1S/C48H64O4Si2/c1-8-9-10-11-12-13-14-19-28-40-37-48(52-45(40)49,38-50-53(46(2,3)4,41-29-20-15-21-30-41)42-31-22-16-23-32-42)39-51-54(47(5,6)7,43-33-24-17-25-34-43)44-35-26-18-27-36-44/h15-18,20-36H,8-14,19,37-39H2,1-7H3/b40-28+. The zero-order chi connectivity index (χ0) is 38.7. The topological polar surface area (TPSA) is 44.8 Å². The van der Waals surface area contributed by atoms with Crippen LogP contribution in [-0.4, -0.2) is 41.4 Å². The number of allylic oxidation sites excluding steroid dienone is 1. The predicted molar refractivity (Wildman–Crippen MR) is 231 cm³/mol. The Morgan fingerprint density at radius 2 is 0.926 bits per heavy atom. The Morgan fingerprint density at radius 3 is 1.28 bits per heavy atom. The van der Waals surface area contributed by atoms with Gasteiger partial charge in [-0.2, -0.15) is 0 Å². The molecule has 1 aliphatic rings. The number of benzene rings is 4. The van der Waals surface area contributed by atoms with Crippen LogP contribution in [0.3, 0.4) is 0 Å². The second kappa shape index (κ2) is 18.4. The molecule has 1 saturated heterocycles. The van der Waals surface area contributed by atoms with Crippen molar-refractivity contribution in [2.45, 2.75) is 122 Å². The Hall–Kier alpha value is -3.56. The number of hydrogen-bond donors (Lipinski definition) is 0. The van der Waals surface area contributed by atoms with E-state index in [1.807, 2.05) is 0 Å². The zero-order valence-corrected chi connectivity index (χ0v) is 36.0. The molecule has 0 unspecified atom stereocenters. The van der Waals surface area contributed by atoms with Gasteiger partial charge in [-0.15, -0.1) is 0 Å². The van der Waals surface area contributed by atoms with E-state index < -0.39 is 22.2 Å². The van der Waals surface area contributed by atoms with E-state index in [0.717, 1.165) is 18.4 Å². The Kier molecular flexibility index (Phi) is 14.2.